The lowest BCUT2D eigenvalue weighted by molar-refractivity contribution is -0.0251. The van der Waals surface area contributed by atoms with Gasteiger partial charge in [-0.25, -0.2) is 4.79 Å². The van der Waals surface area contributed by atoms with E-state index in [1.54, 1.807) is 0 Å². The number of carbonyl (C=O) groups is 1. The monoisotopic (exact) mass is 258 g/mol. The number of hydrogen-bond acceptors (Lipinski definition) is 4. The Kier molecular flexibility index (Phi) is 5.41. The molecule has 5 heteroatoms. The van der Waals surface area contributed by atoms with Crippen molar-refractivity contribution in [1.82, 2.24) is 10.8 Å². The zero-order chi connectivity index (χ0) is 13.8. The Hall–Kier alpha value is -0.810. The maximum absolute atomic E-state index is 11.5. The molecule has 1 aliphatic carbocycles. The van der Waals surface area contributed by atoms with Crippen molar-refractivity contribution >= 4 is 6.09 Å². The molecular weight excluding hydrogens is 232 g/mol. The van der Waals surface area contributed by atoms with Gasteiger partial charge in [-0.1, -0.05) is 13.8 Å². The van der Waals surface area contributed by atoms with E-state index in [4.69, 9.17) is 9.57 Å². The first-order valence-corrected chi connectivity index (χ1v) is 6.63. The van der Waals surface area contributed by atoms with Crippen LogP contribution in [-0.4, -0.2) is 30.4 Å². The third-order valence-corrected chi connectivity index (χ3v) is 2.53. The second-order valence-corrected chi connectivity index (χ2v) is 6.33. The van der Waals surface area contributed by atoms with Crippen molar-refractivity contribution in [2.24, 2.45) is 5.92 Å². The van der Waals surface area contributed by atoms with Gasteiger partial charge < -0.3 is 14.9 Å². The molecule has 0 aromatic heterocycles. The molecule has 0 radical (unpaired) electrons. The minimum Gasteiger partial charge on any atom is -0.444 e. The lowest BCUT2D eigenvalue weighted by atomic mass is 9.87. The predicted molar refractivity (Wildman–Crippen MR) is 70.1 cm³/mol. The van der Waals surface area contributed by atoms with Crippen LogP contribution in [0.25, 0.3) is 0 Å². The fraction of sp³-hybridized carbons (Fsp3) is 0.923. The molecule has 18 heavy (non-hydrogen) atoms. The molecule has 1 saturated carbocycles. The predicted octanol–water partition coefficient (Wildman–Crippen LogP) is 2.22. The van der Waals surface area contributed by atoms with E-state index in [-0.39, 0.29) is 12.1 Å². The molecule has 1 aliphatic rings. The van der Waals surface area contributed by atoms with E-state index in [1.807, 2.05) is 20.8 Å². The molecule has 0 spiro atoms. The number of alkyl carbamates (subject to hydrolysis) is 1. The van der Waals surface area contributed by atoms with E-state index in [0.29, 0.717) is 18.6 Å². The highest BCUT2D eigenvalue weighted by Gasteiger charge is 2.31. The summed E-state index contributed by atoms with van der Waals surface area (Å²) in [4.78, 5) is 16.8. The number of hydroxylamine groups is 1. The van der Waals surface area contributed by atoms with E-state index in [9.17, 15) is 4.79 Å². The van der Waals surface area contributed by atoms with Crippen LogP contribution in [0.15, 0.2) is 0 Å². The number of rotatable bonds is 5. The number of amides is 1. The van der Waals surface area contributed by atoms with E-state index in [1.165, 1.54) is 0 Å². The Labute approximate surface area is 110 Å². The lowest BCUT2D eigenvalue weighted by Crippen LogP contribution is -2.53. The Morgan fingerprint density at radius 2 is 1.89 bits per heavy atom. The molecular formula is C13H26N2O3. The molecule has 0 aromatic rings. The minimum absolute atomic E-state index is 0.194. The van der Waals surface area contributed by atoms with Crippen LogP contribution in [0.1, 0.15) is 47.5 Å². The first kappa shape index (κ1) is 15.2. The largest absolute Gasteiger partial charge is 0.444 e. The van der Waals surface area contributed by atoms with Crippen molar-refractivity contribution < 1.29 is 14.4 Å². The fourth-order valence-corrected chi connectivity index (χ4v) is 1.64. The Morgan fingerprint density at radius 3 is 2.39 bits per heavy atom. The summed E-state index contributed by atoms with van der Waals surface area (Å²) in [7, 11) is 0. The quantitative estimate of drug-likeness (QED) is 0.742. The molecule has 1 fully saturated rings. The van der Waals surface area contributed by atoms with Crippen LogP contribution in [0.5, 0.6) is 0 Å². The average Bonchev–Trinajstić information content (AvgIpc) is 2.09. The van der Waals surface area contributed by atoms with Crippen LogP contribution < -0.4 is 10.8 Å². The van der Waals surface area contributed by atoms with E-state index >= 15 is 0 Å². The summed E-state index contributed by atoms with van der Waals surface area (Å²) in [6, 6.07) is 0.531. The van der Waals surface area contributed by atoms with Gasteiger partial charge in [0.2, 0.25) is 0 Å². The van der Waals surface area contributed by atoms with Gasteiger partial charge >= 0.3 is 6.09 Å². The SMILES string of the molecule is CC(C)CONC1CC(NC(=O)OC(C)(C)C)C1. The topological polar surface area (TPSA) is 59.6 Å². The maximum atomic E-state index is 11.5. The van der Waals surface area contributed by atoms with Crippen LogP contribution in [0.2, 0.25) is 0 Å². The molecule has 0 saturated heterocycles. The van der Waals surface area contributed by atoms with Gasteiger partial charge in [0, 0.05) is 12.1 Å². The van der Waals surface area contributed by atoms with Crippen LogP contribution in [0.3, 0.4) is 0 Å². The average molecular weight is 258 g/mol. The van der Waals surface area contributed by atoms with E-state index < -0.39 is 5.60 Å². The summed E-state index contributed by atoms with van der Waals surface area (Å²) in [5.74, 6) is 0.522. The first-order valence-electron chi connectivity index (χ1n) is 6.63. The van der Waals surface area contributed by atoms with Crippen LogP contribution in [0, 0.1) is 5.92 Å². The van der Waals surface area contributed by atoms with Gasteiger partial charge in [-0.3, -0.25) is 0 Å². The summed E-state index contributed by atoms with van der Waals surface area (Å²) in [5.41, 5.74) is 2.57. The van der Waals surface area contributed by atoms with Gasteiger partial charge in [-0.2, -0.15) is 5.48 Å². The number of nitrogens with one attached hydrogen (secondary N) is 2. The summed E-state index contributed by atoms with van der Waals surface area (Å²) >= 11 is 0. The molecule has 0 atom stereocenters. The van der Waals surface area contributed by atoms with E-state index in [0.717, 1.165) is 12.8 Å². The maximum Gasteiger partial charge on any atom is 0.407 e. The molecule has 0 bridgehead atoms. The Balaban J connectivity index is 2.06. The highest BCUT2D eigenvalue weighted by atomic mass is 16.6. The highest BCUT2D eigenvalue weighted by molar-refractivity contribution is 5.68. The van der Waals surface area contributed by atoms with Gasteiger partial charge in [0.05, 0.1) is 6.61 Å². The van der Waals surface area contributed by atoms with Gasteiger partial charge in [0.25, 0.3) is 0 Å². The molecule has 106 valence electrons. The number of ether oxygens (including phenoxy) is 1. The normalized spacial score (nSPS) is 23.7. The second kappa shape index (κ2) is 6.38. The Morgan fingerprint density at radius 1 is 1.28 bits per heavy atom. The van der Waals surface area contributed by atoms with E-state index in [2.05, 4.69) is 24.6 Å². The molecule has 5 nitrogen and oxygen atoms in total. The van der Waals surface area contributed by atoms with Crippen LogP contribution in [-0.2, 0) is 9.57 Å². The third kappa shape index (κ3) is 6.21. The van der Waals surface area contributed by atoms with Gasteiger partial charge in [0.1, 0.15) is 5.60 Å². The van der Waals surface area contributed by atoms with Crippen molar-refractivity contribution in [2.75, 3.05) is 6.61 Å². The van der Waals surface area contributed by atoms with Gasteiger partial charge in [0.15, 0.2) is 0 Å². The standard InChI is InChI=1S/C13H26N2O3/c1-9(2)8-17-15-11-6-10(7-11)14-12(16)18-13(3,4)5/h9-11,15H,6-8H2,1-5H3,(H,14,16). The Bertz CT molecular complexity index is 268. The zero-order valence-corrected chi connectivity index (χ0v) is 12.1. The third-order valence-electron chi connectivity index (χ3n) is 2.53. The summed E-state index contributed by atoms with van der Waals surface area (Å²) < 4.78 is 5.19. The molecule has 1 amide bonds. The number of hydrogen-bond donors (Lipinski definition) is 2. The smallest absolute Gasteiger partial charge is 0.407 e. The van der Waals surface area contributed by atoms with Crippen molar-refractivity contribution in [3.8, 4) is 0 Å². The lowest BCUT2D eigenvalue weighted by Gasteiger charge is -2.36. The summed E-state index contributed by atoms with van der Waals surface area (Å²) in [6.07, 6.45) is 1.43. The molecule has 0 aliphatic heterocycles. The van der Waals surface area contributed by atoms with Crippen LogP contribution >= 0.6 is 0 Å². The highest BCUT2D eigenvalue weighted by Crippen LogP contribution is 2.20. The molecule has 1 rings (SSSR count). The van der Waals surface area contributed by atoms with Crippen LogP contribution in [0.4, 0.5) is 4.79 Å². The van der Waals surface area contributed by atoms with Crippen molar-refractivity contribution in [3.63, 3.8) is 0 Å². The summed E-state index contributed by atoms with van der Waals surface area (Å²) in [5, 5.41) is 2.85. The molecule has 2 N–H and O–H groups in total. The minimum atomic E-state index is -0.439. The van der Waals surface area contributed by atoms with Gasteiger partial charge in [-0.05, 0) is 39.5 Å². The number of carbonyl (C=O) groups excluding carboxylic acids is 1. The molecule has 0 aromatic carbocycles. The van der Waals surface area contributed by atoms with Gasteiger partial charge in [-0.15, -0.1) is 0 Å². The van der Waals surface area contributed by atoms with Crippen molar-refractivity contribution in [3.05, 3.63) is 0 Å². The van der Waals surface area contributed by atoms with Crippen molar-refractivity contribution in [1.29, 1.82) is 0 Å². The van der Waals surface area contributed by atoms with Crippen molar-refractivity contribution in [2.45, 2.75) is 65.1 Å². The molecule has 0 heterocycles. The molecule has 0 unspecified atom stereocenters. The fourth-order valence-electron chi connectivity index (χ4n) is 1.64. The zero-order valence-electron chi connectivity index (χ0n) is 12.1. The second-order valence-electron chi connectivity index (χ2n) is 6.33. The first-order chi connectivity index (χ1) is 8.26. The summed E-state index contributed by atoms with van der Waals surface area (Å²) in [6.45, 7) is 10.5.